The van der Waals surface area contributed by atoms with Crippen molar-refractivity contribution < 1.29 is 18.3 Å². The van der Waals surface area contributed by atoms with E-state index in [2.05, 4.69) is 5.32 Å². The second-order valence-corrected chi connectivity index (χ2v) is 7.06. The predicted octanol–water partition coefficient (Wildman–Crippen LogP) is 0.969. The van der Waals surface area contributed by atoms with E-state index < -0.39 is 15.8 Å². The van der Waals surface area contributed by atoms with Crippen LogP contribution in [0.15, 0.2) is 11.4 Å². The van der Waals surface area contributed by atoms with Gasteiger partial charge in [0.25, 0.3) is 0 Å². The lowest BCUT2D eigenvalue weighted by Crippen LogP contribution is -2.32. The van der Waals surface area contributed by atoms with Gasteiger partial charge in [-0.25, -0.2) is 13.2 Å². The molecule has 5 nitrogen and oxygen atoms in total. The molecule has 2 N–H and O–H groups in total. The van der Waals surface area contributed by atoms with Crippen molar-refractivity contribution in [2.45, 2.75) is 19.5 Å². The maximum Gasteiger partial charge on any atom is 0.346 e. The Kier molecular flexibility index (Phi) is 4.67. The van der Waals surface area contributed by atoms with E-state index in [0.717, 1.165) is 11.3 Å². The SMILES string of the molecule is CC(CS(C)(=O)=O)NCc1ccsc1C(=O)O. The van der Waals surface area contributed by atoms with Crippen molar-refractivity contribution in [2.24, 2.45) is 0 Å². The molecular formula is C10H15NO4S2. The summed E-state index contributed by atoms with van der Waals surface area (Å²) in [6.07, 6.45) is 1.18. The Hall–Kier alpha value is -0.920. The number of sulfone groups is 1. The summed E-state index contributed by atoms with van der Waals surface area (Å²) in [5.74, 6) is -0.910. The third kappa shape index (κ3) is 4.84. The minimum atomic E-state index is -3.02. The third-order valence-corrected chi connectivity index (χ3v) is 4.18. The van der Waals surface area contributed by atoms with Gasteiger partial charge in [-0.3, -0.25) is 0 Å². The summed E-state index contributed by atoms with van der Waals surface area (Å²) < 4.78 is 22.1. The zero-order valence-corrected chi connectivity index (χ0v) is 11.3. The first-order valence-corrected chi connectivity index (χ1v) is 7.94. The van der Waals surface area contributed by atoms with E-state index in [9.17, 15) is 13.2 Å². The Labute approximate surface area is 104 Å². The van der Waals surface area contributed by atoms with Crippen molar-refractivity contribution >= 4 is 27.1 Å². The van der Waals surface area contributed by atoms with Crippen LogP contribution in [0.3, 0.4) is 0 Å². The normalized spacial score (nSPS) is 13.5. The number of hydrogen-bond acceptors (Lipinski definition) is 5. The predicted molar refractivity (Wildman–Crippen MR) is 67.3 cm³/mol. The minimum Gasteiger partial charge on any atom is -0.477 e. The molecule has 1 heterocycles. The van der Waals surface area contributed by atoms with Crippen LogP contribution < -0.4 is 5.32 Å². The number of carboxylic acids is 1. The fourth-order valence-electron chi connectivity index (χ4n) is 1.46. The van der Waals surface area contributed by atoms with Crippen LogP contribution in [0, 0.1) is 0 Å². The van der Waals surface area contributed by atoms with Crippen LogP contribution in [-0.2, 0) is 16.4 Å². The molecule has 0 spiro atoms. The van der Waals surface area contributed by atoms with Gasteiger partial charge in [-0.15, -0.1) is 11.3 Å². The molecule has 0 aromatic carbocycles. The molecule has 1 aromatic heterocycles. The van der Waals surface area contributed by atoms with Crippen molar-refractivity contribution in [1.82, 2.24) is 5.32 Å². The highest BCUT2D eigenvalue weighted by Gasteiger charge is 2.14. The van der Waals surface area contributed by atoms with Gasteiger partial charge in [0.1, 0.15) is 14.7 Å². The first kappa shape index (κ1) is 14.1. The highest BCUT2D eigenvalue weighted by Crippen LogP contribution is 2.16. The average Bonchev–Trinajstić information content (AvgIpc) is 2.59. The Bertz CT molecular complexity index is 492. The molecule has 0 aliphatic rings. The van der Waals surface area contributed by atoms with Crippen molar-refractivity contribution in [3.63, 3.8) is 0 Å². The van der Waals surface area contributed by atoms with Gasteiger partial charge in [-0.05, 0) is 23.9 Å². The number of hydrogen-bond donors (Lipinski definition) is 2. The first-order chi connectivity index (χ1) is 7.79. The smallest absolute Gasteiger partial charge is 0.346 e. The maximum atomic E-state index is 11.0. The van der Waals surface area contributed by atoms with Gasteiger partial charge in [-0.2, -0.15) is 0 Å². The van der Waals surface area contributed by atoms with Crippen molar-refractivity contribution in [3.8, 4) is 0 Å². The summed E-state index contributed by atoms with van der Waals surface area (Å²) in [6.45, 7) is 2.12. The molecule has 1 unspecified atom stereocenters. The molecule has 0 fully saturated rings. The molecule has 1 atom stereocenters. The van der Waals surface area contributed by atoms with Crippen LogP contribution in [0.1, 0.15) is 22.2 Å². The number of carboxylic acid groups (broad SMARTS) is 1. The Morgan fingerprint density at radius 2 is 2.24 bits per heavy atom. The zero-order valence-electron chi connectivity index (χ0n) is 9.63. The summed E-state index contributed by atoms with van der Waals surface area (Å²) in [7, 11) is -3.02. The molecule has 96 valence electrons. The molecule has 0 aliphatic heterocycles. The molecule has 0 radical (unpaired) electrons. The van der Waals surface area contributed by atoms with Gasteiger partial charge in [0.2, 0.25) is 0 Å². The molecule has 0 aliphatic carbocycles. The Morgan fingerprint density at radius 3 is 2.76 bits per heavy atom. The van der Waals surface area contributed by atoms with Crippen molar-refractivity contribution in [3.05, 3.63) is 21.9 Å². The summed E-state index contributed by atoms with van der Waals surface area (Å²) in [6, 6.07) is 1.53. The van der Waals surface area contributed by atoms with Gasteiger partial charge in [0.15, 0.2) is 0 Å². The highest BCUT2D eigenvalue weighted by molar-refractivity contribution is 7.90. The van der Waals surface area contributed by atoms with Crippen molar-refractivity contribution in [1.29, 1.82) is 0 Å². The largest absolute Gasteiger partial charge is 0.477 e. The van der Waals surface area contributed by atoms with E-state index in [1.807, 2.05) is 0 Å². The average molecular weight is 277 g/mol. The molecule has 0 saturated heterocycles. The standard InChI is InChI=1S/C10H15NO4S2/c1-7(6-17(2,14)15)11-5-8-3-4-16-9(8)10(12)13/h3-4,7,11H,5-6H2,1-2H3,(H,12,13). The molecule has 17 heavy (non-hydrogen) atoms. The van der Waals surface area contributed by atoms with Crippen molar-refractivity contribution in [2.75, 3.05) is 12.0 Å². The lowest BCUT2D eigenvalue weighted by Gasteiger charge is -2.12. The second-order valence-electron chi connectivity index (χ2n) is 3.95. The number of nitrogens with one attached hydrogen (secondary N) is 1. The number of thiophene rings is 1. The monoisotopic (exact) mass is 277 g/mol. The topological polar surface area (TPSA) is 83.5 Å². The Morgan fingerprint density at radius 1 is 1.59 bits per heavy atom. The van der Waals surface area contributed by atoms with Crippen LogP contribution in [0.5, 0.6) is 0 Å². The number of rotatable bonds is 6. The molecule has 0 saturated carbocycles. The minimum absolute atomic E-state index is 0.0412. The van der Waals surface area contributed by atoms with Crippen LogP contribution in [0.25, 0.3) is 0 Å². The van der Waals surface area contributed by atoms with E-state index in [4.69, 9.17) is 5.11 Å². The molecule has 0 amide bonds. The number of aromatic carboxylic acids is 1. The van der Waals surface area contributed by atoms with Gasteiger partial charge in [0.05, 0.1) is 5.75 Å². The second kappa shape index (κ2) is 5.61. The van der Waals surface area contributed by atoms with Crippen LogP contribution in [-0.4, -0.2) is 37.5 Å². The van der Waals surface area contributed by atoms with Crippen LogP contribution in [0.4, 0.5) is 0 Å². The fraction of sp³-hybridized carbons (Fsp3) is 0.500. The van der Waals surface area contributed by atoms with E-state index in [0.29, 0.717) is 17.0 Å². The summed E-state index contributed by atoms with van der Waals surface area (Å²) in [5.41, 5.74) is 0.683. The third-order valence-electron chi connectivity index (χ3n) is 2.13. The molecule has 0 bridgehead atoms. The molecule has 1 aromatic rings. The fourth-order valence-corrected chi connectivity index (χ4v) is 3.25. The molecule has 1 rings (SSSR count). The van der Waals surface area contributed by atoms with Gasteiger partial charge >= 0.3 is 5.97 Å². The van der Waals surface area contributed by atoms with E-state index >= 15 is 0 Å². The van der Waals surface area contributed by atoms with Gasteiger partial charge in [0, 0.05) is 18.8 Å². The van der Waals surface area contributed by atoms with Gasteiger partial charge < -0.3 is 10.4 Å². The number of carbonyl (C=O) groups is 1. The maximum absolute atomic E-state index is 11.0. The van der Waals surface area contributed by atoms with Crippen LogP contribution >= 0.6 is 11.3 Å². The Balaban J connectivity index is 2.56. The molecular weight excluding hydrogens is 262 g/mol. The molecule has 7 heteroatoms. The highest BCUT2D eigenvalue weighted by atomic mass is 32.2. The van der Waals surface area contributed by atoms with E-state index in [-0.39, 0.29) is 11.8 Å². The summed E-state index contributed by atoms with van der Waals surface area (Å²) >= 11 is 1.16. The zero-order chi connectivity index (χ0) is 13.1. The van der Waals surface area contributed by atoms with E-state index in [1.54, 1.807) is 18.4 Å². The summed E-state index contributed by atoms with van der Waals surface area (Å²) in [4.78, 5) is 11.1. The van der Waals surface area contributed by atoms with Gasteiger partial charge in [-0.1, -0.05) is 0 Å². The van der Waals surface area contributed by atoms with E-state index in [1.165, 1.54) is 6.26 Å². The lowest BCUT2D eigenvalue weighted by molar-refractivity contribution is 0.0701. The first-order valence-electron chi connectivity index (χ1n) is 5.00. The lowest BCUT2D eigenvalue weighted by atomic mass is 10.2. The quantitative estimate of drug-likeness (QED) is 0.809. The summed E-state index contributed by atoms with van der Waals surface area (Å²) in [5, 5.41) is 13.6. The van der Waals surface area contributed by atoms with Crippen LogP contribution in [0.2, 0.25) is 0 Å².